The van der Waals surface area contributed by atoms with E-state index < -0.39 is 0 Å². The fourth-order valence-corrected chi connectivity index (χ4v) is 3.69. The number of rotatable bonds is 8. The van der Waals surface area contributed by atoms with E-state index in [1.807, 2.05) is 31.2 Å². The van der Waals surface area contributed by atoms with Crippen LogP contribution in [0.1, 0.15) is 49.1 Å². The van der Waals surface area contributed by atoms with Crippen molar-refractivity contribution in [2.75, 3.05) is 25.0 Å². The molecule has 2 N–H and O–H groups in total. The Morgan fingerprint density at radius 2 is 1.96 bits per heavy atom. The highest BCUT2D eigenvalue weighted by atomic mass is 16.3. The number of likely N-dealkylation sites (tertiary alicyclic amines) is 1. The lowest BCUT2D eigenvalue weighted by Crippen LogP contribution is -2.39. The predicted octanol–water partition coefficient (Wildman–Crippen LogP) is 4.04. The number of carbonyl (C=O) groups is 1. The molecule has 1 aromatic carbocycles. The first kappa shape index (κ1) is 19.6. The molecule has 5 nitrogen and oxygen atoms in total. The lowest BCUT2D eigenvalue weighted by Gasteiger charge is -2.27. The average molecular weight is 370 g/mol. The second-order valence-corrected chi connectivity index (χ2v) is 7.58. The quantitative estimate of drug-likeness (QED) is 0.737. The van der Waals surface area contributed by atoms with Gasteiger partial charge in [-0.1, -0.05) is 12.1 Å². The Balaban J connectivity index is 1.52. The molecule has 0 spiro atoms. The van der Waals surface area contributed by atoms with Crippen LogP contribution in [0.3, 0.4) is 0 Å². The number of hydrogen-bond donors (Lipinski definition) is 2. The number of anilines is 1. The van der Waals surface area contributed by atoms with Gasteiger partial charge in [-0.25, -0.2) is 0 Å². The second kappa shape index (κ2) is 9.20. The van der Waals surface area contributed by atoms with E-state index in [4.69, 9.17) is 4.42 Å². The molecule has 3 rings (SSSR count). The standard InChI is InChI=1S/C22H31N3O2/c1-16-8-6-9-19(18(16)3)24-22(26)14-17(2)23-15-20(21-10-7-13-27-21)25-11-4-5-12-25/h6-10,13,17,20,23H,4-5,11-12,14-15H2,1-3H3,(H,24,26). The average Bonchev–Trinajstić information content (AvgIpc) is 3.33. The van der Waals surface area contributed by atoms with E-state index in [-0.39, 0.29) is 18.0 Å². The third kappa shape index (κ3) is 5.21. The van der Waals surface area contributed by atoms with Crippen molar-refractivity contribution in [2.45, 2.75) is 52.1 Å². The Kier molecular flexibility index (Phi) is 6.69. The van der Waals surface area contributed by atoms with Gasteiger partial charge in [-0.15, -0.1) is 0 Å². The van der Waals surface area contributed by atoms with Crippen LogP contribution in [-0.2, 0) is 4.79 Å². The second-order valence-electron chi connectivity index (χ2n) is 7.58. The molecule has 0 bridgehead atoms. The van der Waals surface area contributed by atoms with Gasteiger partial charge in [-0.05, 0) is 76.0 Å². The van der Waals surface area contributed by atoms with E-state index in [0.29, 0.717) is 6.42 Å². The van der Waals surface area contributed by atoms with Crippen molar-refractivity contribution in [1.82, 2.24) is 10.2 Å². The summed E-state index contributed by atoms with van der Waals surface area (Å²) in [7, 11) is 0. The molecule has 1 amide bonds. The fourth-order valence-electron chi connectivity index (χ4n) is 3.69. The molecule has 27 heavy (non-hydrogen) atoms. The summed E-state index contributed by atoms with van der Waals surface area (Å²) >= 11 is 0. The molecular formula is C22H31N3O2. The van der Waals surface area contributed by atoms with Crippen LogP contribution in [0.15, 0.2) is 41.0 Å². The lowest BCUT2D eigenvalue weighted by atomic mass is 10.1. The van der Waals surface area contributed by atoms with Crippen LogP contribution < -0.4 is 10.6 Å². The first-order valence-corrected chi connectivity index (χ1v) is 9.91. The highest BCUT2D eigenvalue weighted by Crippen LogP contribution is 2.25. The molecule has 1 saturated heterocycles. The normalized spacial score (nSPS) is 17.0. The van der Waals surface area contributed by atoms with Crippen LogP contribution in [0, 0.1) is 13.8 Å². The van der Waals surface area contributed by atoms with Crippen molar-refractivity contribution >= 4 is 11.6 Å². The molecule has 0 aliphatic carbocycles. The molecule has 2 heterocycles. The minimum absolute atomic E-state index is 0.0411. The first-order valence-electron chi connectivity index (χ1n) is 9.91. The van der Waals surface area contributed by atoms with Crippen LogP contribution in [-0.4, -0.2) is 36.5 Å². The monoisotopic (exact) mass is 369 g/mol. The highest BCUT2D eigenvalue weighted by Gasteiger charge is 2.26. The summed E-state index contributed by atoms with van der Waals surface area (Å²) in [5, 5.41) is 6.57. The van der Waals surface area contributed by atoms with E-state index in [9.17, 15) is 4.79 Å². The van der Waals surface area contributed by atoms with Gasteiger partial charge < -0.3 is 15.1 Å². The molecule has 2 unspecified atom stereocenters. The van der Waals surface area contributed by atoms with Gasteiger partial charge in [0.25, 0.3) is 0 Å². The Bertz CT molecular complexity index is 736. The minimum Gasteiger partial charge on any atom is -0.468 e. The van der Waals surface area contributed by atoms with Gasteiger partial charge in [-0.2, -0.15) is 0 Å². The molecular weight excluding hydrogens is 338 g/mol. The summed E-state index contributed by atoms with van der Waals surface area (Å²) in [4.78, 5) is 14.9. The van der Waals surface area contributed by atoms with E-state index in [2.05, 4.69) is 35.4 Å². The summed E-state index contributed by atoms with van der Waals surface area (Å²) in [6, 6.07) is 10.3. The van der Waals surface area contributed by atoms with Crippen LogP contribution in [0.4, 0.5) is 5.69 Å². The summed E-state index contributed by atoms with van der Waals surface area (Å²) < 4.78 is 5.66. The Morgan fingerprint density at radius 3 is 2.67 bits per heavy atom. The molecule has 146 valence electrons. The van der Waals surface area contributed by atoms with Crippen molar-refractivity contribution in [3.05, 3.63) is 53.5 Å². The van der Waals surface area contributed by atoms with Gasteiger partial charge in [0.1, 0.15) is 5.76 Å². The molecule has 0 saturated carbocycles. The SMILES string of the molecule is Cc1cccc(NC(=O)CC(C)NCC(c2ccco2)N2CCCC2)c1C. The summed E-state index contributed by atoms with van der Waals surface area (Å²) in [5.41, 5.74) is 3.21. The Hall–Kier alpha value is -2.11. The molecule has 2 aromatic rings. The molecule has 2 atom stereocenters. The van der Waals surface area contributed by atoms with Crippen LogP contribution in [0.2, 0.25) is 0 Å². The number of nitrogens with zero attached hydrogens (tertiary/aromatic N) is 1. The number of hydrogen-bond acceptors (Lipinski definition) is 4. The Morgan fingerprint density at radius 1 is 1.19 bits per heavy atom. The summed E-state index contributed by atoms with van der Waals surface area (Å²) in [5.74, 6) is 1.04. The molecule has 1 aromatic heterocycles. The number of benzene rings is 1. The highest BCUT2D eigenvalue weighted by molar-refractivity contribution is 5.92. The van der Waals surface area contributed by atoms with Gasteiger partial charge in [0.05, 0.1) is 12.3 Å². The predicted molar refractivity (Wildman–Crippen MR) is 109 cm³/mol. The van der Waals surface area contributed by atoms with Gasteiger partial charge in [0, 0.05) is 24.7 Å². The number of carbonyl (C=O) groups excluding carboxylic acids is 1. The first-order chi connectivity index (χ1) is 13.0. The maximum Gasteiger partial charge on any atom is 0.225 e. The maximum absolute atomic E-state index is 12.4. The molecule has 1 aliphatic rings. The van der Waals surface area contributed by atoms with E-state index in [1.54, 1.807) is 6.26 Å². The smallest absolute Gasteiger partial charge is 0.225 e. The zero-order valence-corrected chi connectivity index (χ0v) is 16.6. The maximum atomic E-state index is 12.4. The largest absolute Gasteiger partial charge is 0.468 e. The minimum atomic E-state index is 0.0411. The summed E-state index contributed by atoms with van der Waals surface area (Å²) in [6.45, 7) is 9.15. The van der Waals surface area contributed by atoms with Gasteiger partial charge in [0.2, 0.25) is 5.91 Å². The molecule has 0 radical (unpaired) electrons. The lowest BCUT2D eigenvalue weighted by molar-refractivity contribution is -0.116. The molecule has 1 fully saturated rings. The van der Waals surface area contributed by atoms with E-state index >= 15 is 0 Å². The van der Waals surface area contributed by atoms with Gasteiger partial charge in [-0.3, -0.25) is 9.69 Å². The number of amides is 1. The zero-order chi connectivity index (χ0) is 19.2. The summed E-state index contributed by atoms with van der Waals surface area (Å²) in [6.07, 6.45) is 4.66. The van der Waals surface area contributed by atoms with Crippen molar-refractivity contribution < 1.29 is 9.21 Å². The molecule has 1 aliphatic heterocycles. The van der Waals surface area contributed by atoms with Crippen molar-refractivity contribution in [2.24, 2.45) is 0 Å². The van der Waals surface area contributed by atoms with Crippen LogP contribution >= 0.6 is 0 Å². The van der Waals surface area contributed by atoms with Gasteiger partial charge in [0.15, 0.2) is 0 Å². The van der Waals surface area contributed by atoms with E-state index in [0.717, 1.165) is 36.6 Å². The van der Waals surface area contributed by atoms with Crippen molar-refractivity contribution in [3.8, 4) is 0 Å². The van der Waals surface area contributed by atoms with Crippen molar-refractivity contribution in [1.29, 1.82) is 0 Å². The fraction of sp³-hybridized carbons (Fsp3) is 0.500. The van der Waals surface area contributed by atoms with E-state index in [1.165, 1.54) is 18.4 Å². The third-order valence-corrected chi connectivity index (χ3v) is 5.48. The van der Waals surface area contributed by atoms with Gasteiger partial charge >= 0.3 is 0 Å². The third-order valence-electron chi connectivity index (χ3n) is 5.48. The topological polar surface area (TPSA) is 57.5 Å². The van der Waals surface area contributed by atoms with Crippen LogP contribution in [0.5, 0.6) is 0 Å². The Labute approximate surface area is 162 Å². The van der Waals surface area contributed by atoms with Crippen LogP contribution in [0.25, 0.3) is 0 Å². The number of aryl methyl sites for hydroxylation is 1. The number of nitrogens with one attached hydrogen (secondary N) is 2. The number of furan rings is 1. The zero-order valence-electron chi connectivity index (χ0n) is 16.6. The van der Waals surface area contributed by atoms with Crippen molar-refractivity contribution in [3.63, 3.8) is 0 Å². The molecule has 5 heteroatoms.